The summed E-state index contributed by atoms with van der Waals surface area (Å²) in [5, 5.41) is 20.5. The number of esters is 1. The van der Waals surface area contributed by atoms with Gasteiger partial charge in [-0.2, -0.15) is 5.10 Å². The van der Waals surface area contributed by atoms with Crippen molar-refractivity contribution in [2.24, 2.45) is 10.2 Å². The minimum absolute atomic E-state index is 0.0663. The van der Waals surface area contributed by atoms with Gasteiger partial charge in [-0.1, -0.05) is 15.9 Å². The summed E-state index contributed by atoms with van der Waals surface area (Å²) in [6.45, 7) is 2.21. The molecule has 0 bridgehead atoms. The number of benzene rings is 1. The van der Waals surface area contributed by atoms with E-state index in [1.807, 2.05) is 0 Å². The highest BCUT2D eigenvalue weighted by molar-refractivity contribution is 9.10. The molecular formula is C15H14BrN3O5S. The van der Waals surface area contributed by atoms with Crippen LogP contribution in [0, 0.1) is 0 Å². The van der Waals surface area contributed by atoms with Gasteiger partial charge in [-0.3, -0.25) is 10.1 Å². The van der Waals surface area contributed by atoms with Crippen LogP contribution in [0.3, 0.4) is 0 Å². The summed E-state index contributed by atoms with van der Waals surface area (Å²) in [7, 11) is 1.22. The van der Waals surface area contributed by atoms with Gasteiger partial charge in [0.15, 0.2) is 16.7 Å². The van der Waals surface area contributed by atoms with Crippen molar-refractivity contribution in [2.45, 2.75) is 6.92 Å². The number of hydrogen-bond acceptors (Lipinski definition) is 8. The molecule has 10 heteroatoms. The summed E-state index contributed by atoms with van der Waals surface area (Å²) in [6.07, 6.45) is 2.39. The second kappa shape index (κ2) is 8.67. The quantitative estimate of drug-likeness (QED) is 0.322. The molecule has 1 aromatic rings. The molecule has 8 nitrogen and oxygen atoms in total. The van der Waals surface area contributed by atoms with Crippen LogP contribution in [0.25, 0.3) is 0 Å². The summed E-state index contributed by atoms with van der Waals surface area (Å²) in [6, 6.07) is 3.28. The number of carbonyl (C=O) groups excluding carboxylic acids is 2. The van der Waals surface area contributed by atoms with Crippen LogP contribution in [0.2, 0.25) is 0 Å². The summed E-state index contributed by atoms with van der Waals surface area (Å²) in [5.41, 5.74) is 0.391. The Morgan fingerprint density at radius 3 is 2.92 bits per heavy atom. The lowest BCUT2D eigenvalue weighted by Gasteiger charge is -2.08. The highest BCUT2D eigenvalue weighted by Gasteiger charge is 2.25. The van der Waals surface area contributed by atoms with Gasteiger partial charge < -0.3 is 14.6 Å². The van der Waals surface area contributed by atoms with Gasteiger partial charge in [-0.25, -0.2) is 4.79 Å². The van der Waals surface area contributed by atoms with E-state index in [0.29, 0.717) is 22.4 Å². The third-order valence-electron chi connectivity index (χ3n) is 2.82. The first-order valence-corrected chi connectivity index (χ1v) is 8.60. The van der Waals surface area contributed by atoms with Gasteiger partial charge in [0.25, 0.3) is 5.91 Å². The van der Waals surface area contributed by atoms with Crippen LogP contribution < -0.4 is 10.1 Å². The normalized spacial score (nSPS) is 17.3. The zero-order valence-corrected chi connectivity index (χ0v) is 15.7. The van der Waals surface area contributed by atoms with Crippen LogP contribution in [-0.4, -0.2) is 42.1 Å². The van der Waals surface area contributed by atoms with E-state index in [4.69, 9.17) is 4.74 Å². The summed E-state index contributed by atoms with van der Waals surface area (Å²) in [5.74, 6) is -0.848. The molecule has 0 radical (unpaired) electrons. The molecule has 1 heterocycles. The van der Waals surface area contributed by atoms with Gasteiger partial charge in [0, 0.05) is 16.1 Å². The minimum atomic E-state index is -0.634. The Labute approximate surface area is 156 Å². The zero-order chi connectivity index (χ0) is 18.4. The lowest BCUT2D eigenvalue weighted by atomic mass is 10.2. The highest BCUT2D eigenvalue weighted by atomic mass is 79.9. The van der Waals surface area contributed by atoms with Gasteiger partial charge >= 0.3 is 5.97 Å². The molecule has 0 saturated carbocycles. The topological polar surface area (TPSA) is 110 Å². The second-order valence-electron chi connectivity index (χ2n) is 4.51. The minimum Gasteiger partial charge on any atom is -0.504 e. The highest BCUT2D eigenvalue weighted by Crippen LogP contribution is 2.33. The van der Waals surface area contributed by atoms with Gasteiger partial charge in [0.2, 0.25) is 0 Å². The number of carbonyl (C=O) groups is 2. The number of hydrogen-bond donors (Lipinski definition) is 2. The Bertz CT molecular complexity index is 792. The first-order chi connectivity index (χ1) is 11.9. The van der Waals surface area contributed by atoms with E-state index in [9.17, 15) is 14.7 Å². The molecule has 1 aliphatic heterocycles. The molecule has 1 aromatic carbocycles. The number of aromatic hydroxyl groups is 1. The van der Waals surface area contributed by atoms with Crippen molar-refractivity contribution in [3.8, 4) is 11.5 Å². The largest absolute Gasteiger partial charge is 0.504 e. The van der Waals surface area contributed by atoms with Crippen molar-refractivity contribution >= 4 is 51.0 Å². The molecule has 132 valence electrons. The van der Waals surface area contributed by atoms with Gasteiger partial charge in [0.05, 0.1) is 24.8 Å². The number of nitrogens with one attached hydrogen (secondary N) is 1. The molecule has 0 aliphatic carbocycles. The van der Waals surface area contributed by atoms with Crippen molar-refractivity contribution < 1.29 is 24.2 Å². The fourth-order valence-corrected chi connectivity index (χ4v) is 2.94. The number of ether oxygens (including phenoxy) is 2. The van der Waals surface area contributed by atoms with E-state index in [1.165, 1.54) is 13.3 Å². The first-order valence-electron chi connectivity index (χ1n) is 6.99. The summed E-state index contributed by atoms with van der Waals surface area (Å²) >= 11 is 4.28. The number of methoxy groups -OCH3 is 1. The van der Waals surface area contributed by atoms with Crippen molar-refractivity contribution in [1.82, 2.24) is 5.32 Å². The lowest BCUT2D eigenvalue weighted by molar-refractivity contribution is -0.135. The Morgan fingerprint density at radius 2 is 2.24 bits per heavy atom. The molecule has 2 N–H and O–H groups in total. The maximum Gasteiger partial charge on any atom is 0.331 e. The standard InChI is InChI=1S/C15H14BrN3O5S/c1-3-24-10-5-9(16)4-8(13(10)21)7-17-19-15-18-14(22)11(25-15)6-12(20)23-2/h4-7,21H,3H2,1-2H3,(H,18,19,22)/b11-6+,17-7?. The number of thioether (sulfide) groups is 1. The fraction of sp³-hybridized carbons (Fsp3) is 0.200. The predicted molar refractivity (Wildman–Crippen MR) is 97.8 cm³/mol. The Hall–Kier alpha value is -2.33. The SMILES string of the molecule is CCOc1cc(Br)cc(C=N/N=C2/NC(=O)/C(=C\C(=O)OC)S2)c1O. The Morgan fingerprint density at radius 1 is 1.48 bits per heavy atom. The number of phenols is 1. The monoisotopic (exact) mass is 427 g/mol. The number of rotatable bonds is 5. The molecule has 0 atom stereocenters. The third kappa shape index (κ3) is 5.07. The predicted octanol–water partition coefficient (Wildman–Crippen LogP) is 2.16. The lowest BCUT2D eigenvalue weighted by Crippen LogP contribution is -2.19. The number of amides is 1. The molecule has 1 saturated heterocycles. The smallest absolute Gasteiger partial charge is 0.331 e. The Kier molecular flexibility index (Phi) is 6.59. The molecule has 1 fully saturated rings. The van der Waals surface area contributed by atoms with Crippen molar-refractivity contribution in [1.29, 1.82) is 0 Å². The Balaban J connectivity index is 2.16. The summed E-state index contributed by atoms with van der Waals surface area (Å²) < 4.78 is 10.5. The van der Waals surface area contributed by atoms with Crippen LogP contribution in [0.15, 0.2) is 37.8 Å². The maximum absolute atomic E-state index is 11.7. The van der Waals surface area contributed by atoms with E-state index in [0.717, 1.165) is 17.8 Å². The van der Waals surface area contributed by atoms with Crippen molar-refractivity contribution in [2.75, 3.05) is 13.7 Å². The number of nitrogens with zero attached hydrogens (tertiary/aromatic N) is 2. The molecule has 25 heavy (non-hydrogen) atoms. The van der Waals surface area contributed by atoms with Gasteiger partial charge in [0.1, 0.15) is 0 Å². The molecule has 0 spiro atoms. The molecule has 2 rings (SSSR count). The first kappa shape index (κ1) is 19.0. The number of halogens is 1. The van der Waals surface area contributed by atoms with Gasteiger partial charge in [-0.05, 0) is 30.8 Å². The third-order valence-corrected chi connectivity index (χ3v) is 4.17. The van der Waals surface area contributed by atoms with Gasteiger partial charge in [-0.15, -0.1) is 5.10 Å². The number of amidine groups is 1. The van der Waals surface area contributed by atoms with Crippen LogP contribution in [-0.2, 0) is 14.3 Å². The average molecular weight is 428 g/mol. The molecule has 0 aromatic heterocycles. The zero-order valence-electron chi connectivity index (χ0n) is 13.3. The average Bonchev–Trinajstić information content (AvgIpc) is 2.91. The van der Waals surface area contributed by atoms with Crippen molar-refractivity contribution in [3.05, 3.63) is 33.2 Å². The van der Waals surface area contributed by atoms with Crippen LogP contribution in [0.5, 0.6) is 11.5 Å². The van der Waals surface area contributed by atoms with E-state index < -0.39 is 11.9 Å². The van der Waals surface area contributed by atoms with Crippen LogP contribution >= 0.6 is 27.7 Å². The van der Waals surface area contributed by atoms with Crippen molar-refractivity contribution in [3.63, 3.8) is 0 Å². The van der Waals surface area contributed by atoms with E-state index in [1.54, 1.807) is 19.1 Å². The maximum atomic E-state index is 11.7. The molecule has 1 amide bonds. The van der Waals surface area contributed by atoms with E-state index >= 15 is 0 Å². The fourth-order valence-electron chi connectivity index (χ4n) is 1.74. The summed E-state index contributed by atoms with van der Waals surface area (Å²) in [4.78, 5) is 23.0. The molecular weight excluding hydrogens is 414 g/mol. The van der Waals surface area contributed by atoms with Crippen LogP contribution in [0.1, 0.15) is 12.5 Å². The second-order valence-corrected chi connectivity index (χ2v) is 6.46. The van der Waals surface area contributed by atoms with E-state index in [2.05, 4.69) is 36.2 Å². The molecule has 1 aliphatic rings. The number of phenolic OH excluding ortho intramolecular Hbond substituents is 1. The van der Waals surface area contributed by atoms with Crippen LogP contribution in [0.4, 0.5) is 0 Å². The molecule has 0 unspecified atom stereocenters. The van der Waals surface area contributed by atoms with E-state index in [-0.39, 0.29) is 15.8 Å².